The monoisotopic (exact) mass is 332 g/mol. The number of para-hydroxylation sites is 1. The Labute approximate surface area is 139 Å². The third-order valence-corrected chi connectivity index (χ3v) is 5.66. The number of anilines is 2. The quantitative estimate of drug-likeness (QED) is 0.792. The van der Waals surface area contributed by atoms with Crippen molar-refractivity contribution in [3.05, 3.63) is 42.2 Å². The van der Waals surface area contributed by atoms with Crippen molar-refractivity contribution in [2.45, 2.75) is 15.5 Å². The number of aromatic nitrogens is 1. The summed E-state index contributed by atoms with van der Waals surface area (Å²) in [5.74, 6) is 1.80. The van der Waals surface area contributed by atoms with Gasteiger partial charge in [0.15, 0.2) is 0 Å². The fraction of sp³-hybridized carbons (Fsp3) is 0.312. The Bertz CT molecular complexity index is 648. The van der Waals surface area contributed by atoms with Crippen LogP contribution >= 0.6 is 23.5 Å². The van der Waals surface area contributed by atoms with Gasteiger partial charge in [0.2, 0.25) is 0 Å². The molecule has 0 spiro atoms. The zero-order valence-corrected chi connectivity index (χ0v) is 14.2. The average molecular weight is 332 g/mol. The van der Waals surface area contributed by atoms with E-state index in [4.69, 9.17) is 5.73 Å². The predicted molar refractivity (Wildman–Crippen MR) is 96.9 cm³/mol. The van der Waals surface area contributed by atoms with E-state index in [0.717, 1.165) is 23.9 Å². The Morgan fingerprint density at radius 3 is 2.95 bits per heavy atom. The molecule has 1 aromatic carbocycles. The molecule has 0 atom stereocenters. The maximum Gasteiger partial charge on any atom is 0.0875 e. The van der Waals surface area contributed by atoms with Gasteiger partial charge in [-0.15, -0.1) is 23.5 Å². The van der Waals surface area contributed by atoms with Crippen molar-refractivity contribution >= 4 is 34.9 Å². The van der Waals surface area contributed by atoms with Gasteiger partial charge >= 0.3 is 0 Å². The van der Waals surface area contributed by atoms with Crippen LogP contribution in [-0.2, 0) is 5.75 Å². The molecule has 3 N–H and O–H groups in total. The lowest BCUT2D eigenvalue weighted by molar-refractivity contribution is 1.02. The molecular formula is C16H20N4S2. The fourth-order valence-corrected chi connectivity index (χ4v) is 4.43. The van der Waals surface area contributed by atoms with Crippen molar-refractivity contribution in [1.29, 1.82) is 0 Å². The first kappa shape index (κ1) is 15.5. The molecule has 1 aromatic heterocycles. The van der Waals surface area contributed by atoms with Gasteiger partial charge < -0.3 is 16.0 Å². The highest BCUT2D eigenvalue weighted by Gasteiger charge is 2.19. The molecular weight excluding hydrogens is 312 g/mol. The van der Waals surface area contributed by atoms with Crippen LogP contribution in [-0.4, -0.2) is 31.0 Å². The van der Waals surface area contributed by atoms with E-state index >= 15 is 0 Å². The maximum absolute atomic E-state index is 5.61. The number of hydrogen-bond donors (Lipinski definition) is 2. The standard InChI is InChI=1S/C16H20N4S2/c1-20-11-19-12-4-2-5-15(16(12)20)22-10-13-14(21-9-7-17)6-3-8-18-13/h2-6,8,19H,7,9-11,17H2,1H3. The minimum absolute atomic E-state index is 0.689. The van der Waals surface area contributed by atoms with E-state index in [9.17, 15) is 0 Å². The summed E-state index contributed by atoms with van der Waals surface area (Å²) < 4.78 is 0. The average Bonchev–Trinajstić information content (AvgIpc) is 2.94. The molecule has 0 bridgehead atoms. The smallest absolute Gasteiger partial charge is 0.0875 e. The summed E-state index contributed by atoms with van der Waals surface area (Å²) in [6, 6.07) is 10.5. The Morgan fingerprint density at radius 2 is 2.09 bits per heavy atom. The van der Waals surface area contributed by atoms with E-state index in [2.05, 4.69) is 46.5 Å². The lowest BCUT2D eigenvalue weighted by Gasteiger charge is -2.15. The lowest BCUT2D eigenvalue weighted by atomic mass is 10.3. The first-order chi connectivity index (χ1) is 10.8. The summed E-state index contributed by atoms with van der Waals surface area (Å²) in [4.78, 5) is 9.33. The van der Waals surface area contributed by atoms with Gasteiger partial charge in [0, 0.05) is 41.1 Å². The SMILES string of the molecule is CN1CNc2cccc(SCc3ncccc3SCCN)c21. The van der Waals surface area contributed by atoms with E-state index in [0.29, 0.717) is 6.54 Å². The van der Waals surface area contributed by atoms with Gasteiger partial charge in [0.25, 0.3) is 0 Å². The number of benzene rings is 1. The maximum atomic E-state index is 5.61. The molecule has 0 unspecified atom stereocenters. The van der Waals surface area contributed by atoms with E-state index in [1.165, 1.54) is 21.2 Å². The van der Waals surface area contributed by atoms with Crippen LogP contribution < -0.4 is 16.0 Å². The van der Waals surface area contributed by atoms with E-state index in [1.807, 2.05) is 24.0 Å². The van der Waals surface area contributed by atoms with E-state index in [1.54, 1.807) is 11.8 Å². The highest BCUT2D eigenvalue weighted by atomic mass is 32.2. The molecule has 0 saturated carbocycles. The summed E-state index contributed by atoms with van der Waals surface area (Å²) in [5.41, 5.74) is 9.25. The molecule has 0 amide bonds. The molecule has 0 aliphatic carbocycles. The number of nitrogens with one attached hydrogen (secondary N) is 1. The van der Waals surface area contributed by atoms with Gasteiger partial charge in [0.05, 0.1) is 23.7 Å². The van der Waals surface area contributed by atoms with Gasteiger partial charge in [-0.1, -0.05) is 6.07 Å². The van der Waals surface area contributed by atoms with Crippen molar-refractivity contribution in [3.8, 4) is 0 Å². The van der Waals surface area contributed by atoms with Crippen LogP contribution in [0, 0.1) is 0 Å². The summed E-state index contributed by atoms with van der Waals surface area (Å²) in [6.07, 6.45) is 1.87. The minimum atomic E-state index is 0.689. The Hall–Kier alpha value is -1.37. The number of thioether (sulfide) groups is 2. The topological polar surface area (TPSA) is 54.2 Å². The van der Waals surface area contributed by atoms with Crippen molar-refractivity contribution < 1.29 is 0 Å². The second-order valence-electron chi connectivity index (χ2n) is 5.06. The van der Waals surface area contributed by atoms with Gasteiger partial charge in [-0.3, -0.25) is 4.98 Å². The van der Waals surface area contributed by atoms with Crippen LogP contribution in [0.1, 0.15) is 5.69 Å². The van der Waals surface area contributed by atoms with Crippen molar-refractivity contribution in [3.63, 3.8) is 0 Å². The van der Waals surface area contributed by atoms with Crippen molar-refractivity contribution in [1.82, 2.24) is 4.98 Å². The fourth-order valence-electron chi connectivity index (χ4n) is 2.44. The summed E-state index contributed by atoms with van der Waals surface area (Å²) in [5, 5.41) is 3.41. The number of nitrogens with two attached hydrogens (primary N) is 1. The molecule has 4 nitrogen and oxygen atoms in total. The molecule has 0 fully saturated rings. The van der Waals surface area contributed by atoms with Gasteiger partial charge in [-0.05, 0) is 24.3 Å². The molecule has 6 heteroatoms. The van der Waals surface area contributed by atoms with Crippen molar-refractivity contribution in [2.75, 3.05) is 36.2 Å². The summed E-state index contributed by atoms with van der Waals surface area (Å²) in [6.45, 7) is 1.56. The number of pyridine rings is 1. The van der Waals surface area contributed by atoms with Gasteiger partial charge in [-0.25, -0.2) is 0 Å². The van der Waals surface area contributed by atoms with Crippen molar-refractivity contribution in [2.24, 2.45) is 5.73 Å². The number of nitrogens with zero attached hydrogens (tertiary/aromatic N) is 2. The Balaban J connectivity index is 1.75. The van der Waals surface area contributed by atoms with Crippen LogP contribution in [0.2, 0.25) is 0 Å². The molecule has 0 saturated heterocycles. The number of fused-ring (bicyclic) bond motifs is 1. The highest BCUT2D eigenvalue weighted by Crippen LogP contribution is 2.40. The second kappa shape index (κ2) is 7.26. The highest BCUT2D eigenvalue weighted by molar-refractivity contribution is 8.00. The molecule has 2 heterocycles. The van der Waals surface area contributed by atoms with Crippen LogP contribution in [0.5, 0.6) is 0 Å². The summed E-state index contributed by atoms with van der Waals surface area (Å²) >= 11 is 3.63. The normalized spacial score (nSPS) is 13.1. The van der Waals surface area contributed by atoms with Crippen LogP contribution in [0.15, 0.2) is 46.3 Å². The zero-order valence-electron chi connectivity index (χ0n) is 12.6. The minimum Gasteiger partial charge on any atom is -0.366 e. The van der Waals surface area contributed by atoms with E-state index in [-0.39, 0.29) is 0 Å². The lowest BCUT2D eigenvalue weighted by Crippen LogP contribution is -2.16. The Kier molecular flexibility index (Phi) is 5.12. The largest absolute Gasteiger partial charge is 0.366 e. The Morgan fingerprint density at radius 1 is 1.23 bits per heavy atom. The zero-order chi connectivity index (χ0) is 15.4. The second-order valence-corrected chi connectivity index (χ2v) is 7.21. The first-order valence-corrected chi connectivity index (χ1v) is 9.24. The van der Waals surface area contributed by atoms with Gasteiger partial charge in [0.1, 0.15) is 0 Å². The third kappa shape index (κ3) is 3.34. The molecule has 1 aliphatic heterocycles. The van der Waals surface area contributed by atoms with Crippen LogP contribution in [0.25, 0.3) is 0 Å². The summed E-state index contributed by atoms with van der Waals surface area (Å²) in [7, 11) is 2.12. The van der Waals surface area contributed by atoms with Crippen LogP contribution in [0.3, 0.4) is 0 Å². The third-order valence-electron chi connectivity index (χ3n) is 3.48. The van der Waals surface area contributed by atoms with Crippen LogP contribution in [0.4, 0.5) is 11.4 Å². The molecule has 3 rings (SSSR count). The number of rotatable bonds is 6. The first-order valence-electron chi connectivity index (χ1n) is 7.27. The molecule has 116 valence electrons. The molecule has 1 aliphatic rings. The van der Waals surface area contributed by atoms with E-state index < -0.39 is 0 Å². The molecule has 2 aromatic rings. The molecule has 0 radical (unpaired) electrons. The van der Waals surface area contributed by atoms with Gasteiger partial charge in [-0.2, -0.15) is 0 Å². The molecule has 22 heavy (non-hydrogen) atoms. The number of hydrogen-bond acceptors (Lipinski definition) is 6. The predicted octanol–water partition coefficient (Wildman–Crippen LogP) is 3.24.